The Hall–Kier alpha value is -1.13. The Balaban J connectivity index is 1.61. The van der Waals surface area contributed by atoms with E-state index in [1.165, 1.54) is 0 Å². The summed E-state index contributed by atoms with van der Waals surface area (Å²) in [7, 11) is -3.02. The molecule has 2 aliphatic rings. The first kappa shape index (κ1) is 16.7. The minimum atomic E-state index is -3.02. The lowest BCUT2D eigenvalue weighted by Gasteiger charge is -2.35. The van der Waals surface area contributed by atoms with E-state index in [1.807, 2.05) is 6.07 Å². The molecule has 0 radical (unpaired) electrons. The Morgan fingerprint density at radius 1 is 1.26 bits per heavy atom. The Kier molecular flexibility index (Phi) is 4.93. The smallest absolute Gasteiger partial charge is 0.214 e. The van der Waals surface area contributed by atoms with Gasteiger partial charge in [-0.15, -0.1) is 0 Å². The summed E-state index contributed by atoms with van der Waals surface area (Å²) in [5, 5.41) is 9.79. The monoisotopic (exact) mass is 353 g/mol. The Morgan fingerprint density at radius 2 is 2.00 bits per heavy atom. The Bertz CT molecular complexity index is 721. The van der Waals surface area contributed by atoms with Crippen molar-refractivity contribution in [2.75, 3.05) is 25.4 Å². The van der Waals surface area contributed by atoms with Crippen LogP contribution in [0.25, 0.3) is 0 Å². The Labute approximate surface area is 142 Å². The summed E-state index contributed by atoms with van der Waals surface area (Å²) >= 11 is 5.93. The highest BCUT2D eigenvalue weighted by molar-refractivity contribution is 7.89. The minimum Gasteiger partial charge on any atom is -0.299 e. The van der Waals surface area contributed by atoms with E-state index in [2.05, 4.69) is 11.0 Å². The first-order chi connectivity index (χ1) is 11.0. The van der Waals surface area contributed by atoms with Crippen LogP contribution in [-0.4, -0.2) is 49.1 Å². The summed E-state index contributed by atoms with van der Waals surface area (Å²) in [6, 6.07) is 7.73. The normalized spacial score (nSPS) is 23.0. The van der Waals surface area contributed by atoms with Gasteiger partial charge in [-0.2, -0.15) is 9.57 Å². The summed E-state index contributed by atoms with van der Waals surface area (Å²) in [6.45, 7) is 3.08. The maximum Gasteiger partial charge on any atom is 0.214 e. The number of nitriles is 1. The van der Waals surface area contributed by atoms with E-state index in [0.29, 0.717) is 29.4 Å². The van der Waals surface area contributed by atoms with Crippen molar-refractivity contribution in [3.63, 3.8) is 0 Å². The molecule has 2 fully saturated rings. The quantitative estimate of drug-likeness (QED) is 0.835. The molecule has 5 nitrogen and oxygen atoms in total. The molecule has 2 saturated heterocycles. The van der Waals surface area contributed by atoms with Crippen LogP contribution in [0.4, 0.5) is 0 Å². The molecule has 0 N–H and O–H groups in total. The lowest BCUT2D eigenvalue weighted by molar-refractivity contribution is 0.157. The molecule has 0 spiro atoms. The van der Waals surface area contributed by atoms with E-state index in [4.69, 9.17) is 11.6 Å². The van der Waals surface area contributed by atoms with Crippen LogP contribution in [-0.2, 0) is 16.6 Å². The molecule has 2 aliphatic heterocycles. The SMILES string of the molecule is N#Cc1cc(Cl)ccc1CN1CCC(N2CCCS2(=O)=O)CC1. The van der Waals surface area contributed by atoms with Gasteiger partial charge in [0.2, 0.25) is 10.0 Å². The third-order valence-electron chi connectivity index (χ3n) is 4.69. The zero-order valence-electron chi connectivity index (χ0n) is 12.9. The topological polar surface area (TPSA) is 64.4 Å². The molecule has 124 valence electrons. The number of halogens is 1. The van der Waals surface area contributed by atoms with Crippen LogP contribution in [0.1, 0.15) is 30.4 Å². The minimum absolute atomic E-state index is 0.138. The highest BCUT2D eigenvalue weighted by Crippen LogP contribution is 2.26. The number of nitrogens with zero attached hydrogens (tertiary/aromatic N) is 3. The summed E-state index contributed by atoms with van der Waals surface area (Å²) in [6.07, 6.45) is 2.46. The van der Waals surface area contributed by atoms with E-state index in [-0.39, 0.29) is 6.04 Å². The molecule has 23 heavy (non-hydrogen) atoms. The molecular weight excluding hydrogens is 334 g/mol. The van der Waals surface area contributed by atoms with Gasteiger partial charge in [-0.1, -0.05) is 17.7 Å². The zero-order valence-corrected chi connectivity index (χ0v) is 14.5. The highest BCUT2D eigenvalue weighted by Gasteiger charge is 2.35. The molecule has 1 aromatic carbocycles. The van der Waals surface area contributed by atoms with E-state index in [1.54, 1.807) is 16.4 Å². The molecule has 0 amide bonds. The van der Waals surface area contributed by atoms with Crippen molar-refractivity contribution in [2.24, 2.45) is 0 Å². The highest BCUT2D eigenvalue weighted by atomic mass is 35.5. The van der Waals surface area contributed by atoms with Gasteiger partial charge in [-0.3, -0.25) is 4.90 Å². The first-order valence-corrected chi connectivity index (χ1v) is 9.89. The number of rotatable bonds is 3. The van der Waals surface area contributed by atoms with E-state index >= 15 is 0 Å². The third-order valence-corrected chi connectivity index (χ3v) is 6.92. The van der Waals surface area contributed by atoms with Gasteiger partial charge in [-0.05, 0) is 37.0 Å². The summed E-state index contributed by atoms with van der Waals surface area (Å²) in [5.41, 5.74) is 1.59. The molecule has 7 heteroatoms. The van der Waals surface area contributed by atoms with E-state index in [9.17, 15) is 13.7 Å². The van der Waals surface area contributed by atoms with Crippen LogP contribution < -0.4 is 0 Å². The number of likely N-dealkylation sites (tertiary alicyclic amines) is 1. The summed E-state index contributed by atoms with van der Waals surface area (Å²) in [4.78, 5) is 2.28. The number of hydrogen-bond donors (Lipinski definition) is 0. The van der Waals surface area contributed by atoms with Gasteiger partial charge < -0.3 is 0 Å². The fourth-order valence-corrected chi connectivity index (χ4v) is 5.44. The second-order valence-corrected chi connectivity index (χ2v) is 8.68. The maximum atomic E-state index is 12.0. The fourth-order valence-electron chi connectivity index (χ4n) is 3.47. The number of piperidine rings is 1. The summed E-state index contributed by atoms with van der Waals surface area (Å²) < 4.78 is 25.7. The average Bonchev–Trinajstić information content (AvgIpc) is 2.89. The number of hydrogen-bond acceptors (Lipinski definition) is 4. The van der Waals surface area contributed by atoms with Gasteiger partial charge in [0.15, 0.2) is 0 Å². The molecule has 3 rings (SSSR count). The standard InChI is InChI=1S/C16H20ClN3O2S/c17-15-3-2-13(14(10-15)11-18)12-19-7-4-16(5-8-19)20-6-1-9-23(20,21)22/h2-3,10,16H,1,4-9,12H2. The molecule has 0 bridgehead atoms. The molecule has 0 atom stereocenters. The number of sulfonamides is 1. The lowest BCUT2D eigenvalue weighted by Crippen LogP contribution is -2.45. The van der Waals surface area contributed by atoms with Crippen molar-refractivity contribution >= 4 is 21.6 Å². The van der Waals surface area contributed by atoms with Crippen molar-refractivity contribution in [2.45, 2.75) is 31.8 Å². The van der Waals surface area contributed by atoms with E-state index in [0.717, 1.165) is 37.9 Å². The molecule has 1 aromatic rings. The van der Waals surface area contributed by atoms with Gasteiger partial charge in [-0.25, -0.2) is 8.42 Å². The first-order valence-electron chi connectivity index (χ1n) is 7.90. The Morgan fingerprint density at radius 3 is 2.61 bits per heavy atom. The van der Waals surface area contributed by atoms with Gasteiger partial charge in [0, 0.05) is 37.2 Å². The molecule has 0 unspecified atom stereocenters. The largest absolute Gasteiger partial charge is 0.299 e. The lowest BCUT2D eigenvalue weighted by atomic mass is 10.0. The van der Waals surface area contributed by atoms with Crippen LogP contribution in [0.3, 0.4) is 0 Å². The van der Waals surface area contributed by atoms with Crippen LogP contribution in [0.2, 0.25) is 5.02 Å². The second kappa shape index (κ2) is 6.78. The van der Waals surface area contributed by atoms with Crippen molar-refractivity contribution in [1.82, 2.24) is 9.21 Å². The average molecular weight is 354 g/mol. The van der Waals surface area contributed by atoms with Crippen molar-refractivity contribution in [3.8, 4) is 6.07 Å². The molecular formula is C16H20ClN3O2S. The third kappa shape index (κ3) is 3.69. The van der Waals surface area contributed by atoms with Crippen molar-refractivity contribution in [1.29, 1.82) is 5.26 Å². The molecule has 0 aliphatic carbocycles. The van der Waals surface area contributed by atoms with Crippen LogP contribution >= 0.6 is 11.6 Å². The van der Waals surface area contributed by atoms with Crippen LogP contribution in [0.5, 0.6) is 0 Å². The maximum absolute atomic E-state index is 12.0. The molecule has 0 saturated carbocycles. The van der Waals surface area contributed by atoms with Gasteiger partial charge in [0.1, 0.15) is 0 Å². The molecule has 0 aromatic heterocycles. The molecule has 2 heterocycles. The van der Waals surface area contributed by atoms with Gasteiger partial charge in [0.05, 0.1) is 17.4 Å². The number of benzene rings is 1. The van der Waals surface area contributed by atoms with Crippen molar-refractivity contribution < 1.29 is 8.42 Å². The van der Waals surface area contributed by atoms with Crippen LogP contribution in [0.15, 0.2) is 18.2 Å². The second-order valence-electron chi connectivity index (χ2n) is 6.20. The predicted molar refractivity (Wildman–Crippen MR) is 89.6 cm³/mol. The van der Waals surface area contributed by atoms with E-state index < -0.39 is 10.0 Å². The summed E-state index contributed by atoms with van der Waals surface area (Å²) in [5.74, 6) is 0.295. The van der Waals surface area contributed by atoms with Crippen LogP contribution in [0, 0.1) is 11.3 Å². The fraction of sp³-hybridized carbons (Fsp3) is 0.562. The van der Waals surface area contributed by atoms with Gasteiger partial charge >= 0.3 is 0 Å². The van der Waals surface area contributed by atoms with Gasteiger partial charge in [0.25, 0.3) is 0 Å². The van der Waals surface area contributed by atoms with Crippen molar-refractivity contribution in [3.05, 3.63) is 34.3 Å². The zero-order chi connectivity index (χ0) is 16.4. The predicted octanol–water partition coefficient (Wildman–Crippen LogP) is 2.21.